The van der Waals surface area contributed by atoms with Gasteiger partial charge < -0.3 is 10.2 Å². The van der Waals surface area contributed by atoms with Gasteiger partial charge in [0, 0.05) is 18.6 Å². The zero-order valence-electron chi connectivity index (χ0n) is 13.4. The number of aryl methyl sites for hydroxylation is 1. The van der Waals surface area contributed by atoms with Gasteiger partial charge in [0.2, 0.25) is 0 Å². The minimum Gasteiger partial charge on any atom is -0.308 e. The number of aromatic nitrogens is 3. The summed E-state index contributed by atoms with van der Waals surface area (Å²) in [6, 6.07) is 0. The van der Waals surface area contributed by atoms with Gasteiger partial charge >= 0.3 is 0 Å². The molecule has 1 heterocycles. The Labute approximate surface area is 122 Å². The third-order valence-corrected chi connectivity index (χ3v) is 4.75. The fourth-order valence-corrected chi connectivity index (χ4v) is 3.45. The summed E-state index contributed by atoms with van der Waals surface area (Å²) in [6.45, 7) is 7.19. The Morgan fingerprint density at radius 1 is 1.50 bits per heavy atom. The smallest absolute Gasteiger partial charge is 0.140 e. The van der Waals surface area contributed by atoms with Gasteiger partial charge in [-0.15, -0.1) is 0 Å². The highest BCUT2D eigenvalue weighted by Crippen LogP contribution is 2.35. The van der Waals surface area contributed by atoms with Crippen molar-refractivity contribution in [3.8, 4) is 0 Å². The molecule has 0 saturated heterocycles. The molecule has 1 fully saturated rings. The van der Waals surface area contributed by atoms with Crippen molar-refractivity contribution in [2.24, 2.45) is 5.92 Å². The van der Waals surface area contributed by atoms with E-state index in [0.717, 1.165) is 31.4 Å². The summed E-state index contributed by atoms with van der Waals surface area (Å²) in [5.41, 5.74) is 0.300. The topological polar surface area (TPSA) is 46.0 Å². The minimum absolute atomic E-state index is 0.300. The van der Waals surface area contributed by atoms with Crippen LogP contribution in [0.2, 0.25) is 0 Å². The van der Waals surface area contributed by atoms with Gasteiger partial charge in [-0.2, -0.15) is 5.10 Å². The molecule has 2 atom stereocenters. The monoisotopic (exact) mass is 279 g/mol. The molecular weight excluding hydrogens is 250 g/mol. The van der Waals surface area contributed by atoms with Crippen LogP contribution in [0.3, 0.4) is 0 Å². The maximum Gasteiger partial charge on any atom is 0.140 e. The van der Waals surface area contributed by atoms with Gasteiger partial charge in [-0.3, -0.25) is 0 Å². The lowest BCUT2D eigenvalue weighted by Crippen LogP contribution is -2.54. The fraction of sp³-hybridized carbons (Fsp3) is 0.867. The van der Waals surface area contributed by atoms with Gasteiger partial charge in [-0.25, -0.2) is 9.67 Å². The van der Waals surface area contributed by atoms with Crippen molar-refractivity contribution < 1.29 is 0 Å². The van der Waals surface area contributed by atoms with E-state index in [9.17, 15) is 0 Å². The van der Waals surface area contributed by atoms with Crippen LogP contribution in [0.1, 0.15) is 45.4 Å². The Balaban J connectivity index is 1.93. The average Bonchev–Trinajstić information content (AvgIpc) is 2.86. The first-order valence-corrected chi connectivity index (χ1v) is 7.82. The highest BCUT2D eigenvalue weighted by Gasteiger charge is 2.36. The zero-order valence-corrected chi connectivity index (χ0v) is 13.4. The van der Waals surface area contributed by atoms with Crippen LogP contribution in [-0.4, -0.2) is 45.8 Å². The van der Waals surface area contributed by atoms with Gasteiger partial charge in [-0.05, 0) is 39.8 Å². The lowest BCUT2D eigenvalue weighted by molar-refractivity contribution is 0.0747. The van der Waals surface area contributed by atoms with Crippen LogP contribution >= 0.6 is 0 Å². The highest BCUT2D eigenvalue weighted by molar-refractivity contribution is 4.95. The van der Waals surface area contributed by atoms with Crippen LogP contribution in [0.15, 0.2) is 6.33 Å². The number of nitrogens with zero attached hydrogens (tertiary/aromatic N) is 4. The second-order valence-corrected chi connectivity index (χ2v) is 6.42. The van der Waals surface area contributed by atoms with E-state index in [4.69, 9.17) is 0 Å². The van der Waals surface area contributed by atoms with E-state index in [1.54, 1.807) is 6.33 Å². The molecule has 0 bridgehead atoms. The molecule has 2 unspecified atom stereocenters. The van der Waals surface area contributed by atoms with E-state index < -0.39 is 0 Å². The van der Waals surface area contributed by atoms with Gasteiger partial charge in [0.25, 0.3) is 0 Å². The van der Waals surface area contributed by atoms with Crippen molar-refractivity contribution in [1.82, 2.24) is 25.0 Å². The van der Waals surface area contributed by atoms with Crippen LogP contribution in [-0.2, 0) is 13.1 Å². The van der Waals surface area contributed by atoms with Crippen LogP contribution in [0.25, 0.3) is 0 Å². The number of hydrogen-bond acceptors (Lipinski definition) is 4. The van der Waals surface area contributed by atoms with Crippen molar-refractivity contribution in [1.29, 1.82) is 0 Å². The third kappa shape index (κ3) is 3.38. The lowest BCUT2D eigenvalue weighted by atomic mass is 9.75. The van der Waals surface area contributed by atoms with Crippen molar-refractivity contribution in [3.05, 3.63) is 12.2 Å². The number of nitrogens with one attached hydrogen (secondary N) is 1. The molecule has 1 aliphatic carbocycles. The molecule has 0 spiro atoms. The summed E-state index contributed by atoms with van der Waals surface area (Å²) in [4.78, 5) is 6.74. The molecule has 5 heteroatoms. The van der Waals surface area contributed by atoms with Gasteiger partial charge in [0.1, 0.15) is 12.2 Å². The van der Waals surface area contributed by atoms with Gasteiger partial charge in [0.15, 0.2) is 0 Å². The summed E-state index contributed by atoms with van der Waals surface area (Å²) in [5, 5.41) is 7.83. The summed E-state index contributed by atoms with van der Waals surface area (Å²) >= 11 is 0. The standard InChI is InChI=1S/C15H29N5/c1-5-20-14(17-12-18-20)10-16-11-15(19(3)4)8-6-7-13(2)9-15/h12-13,16H,5-11H2,1-4H3. The van der Waals surface area contributed by atoms with Crippen molar-refractivity contribution in [2.75, 3.05) is 20.6 Å². The lowest BCUT2D eigenvalue weighted by Gasteiger charge is -2.45. The quantitative estimate of drug-likeness (QED) is 0.864. The molecule has 1 aromatic rings. The number of likely N-dealkylation sites (N-methyl/N-ethyl adjacent to an activating group) is 1. The van der Waals surface area contributed by atoms with Crippen LogP contribution < -0.4 is 5.32 Å². The van der Waals surface area contributed by atoms with Crippen LogP contribution in [0.5, 0.6) is 0 Å². The molecule has 0 aliphatic heterocycles. The molecule has 2 rings (SSSR count). The molecule has 20 heavy (non-hydrogen) atoms. The predicted octanol–water partition coefficient (Wildman–Crippen LogP) is 1.90. The van der Waals surface area contributed by atoms with Crippen LogP contribution in [0.4, 0.5) is 0 Å². The number of hydrogen-bond donors (Lipinski definition) is 1. The normalized spacial score (nSPS) is 27.1. The summed E-state index contributed by atoms with van der Waals surface area (Å²) in [7, 11) is 4.43. The van der Waals surface area contributed by atoms with E-state index in [1.807, 2.05) is 4.68 Å². The predicted molar refractivity (Wildman–Crippen MR) is 81.5 cm³/mol. The molecule has 1 N–H and O–H groups in total. The molecule has 0 aromatic carbocycles. The maximum atomic E-state index is 4.33. The largest absolute Gasteiger partial charge is 0.308 e. The fourth-order valence-electron chi connectivity index (χ4n) is 3.45. The molecular formula is C15H29N5. The molecule has 5 nitrogen and oxygen atoms in total. The average molecular weight is 279 g/mol. The van der Waals surface area contributed by atoms with E-state index in [0.29, 0.717) is 5.54 Å². The summed E-state index contributed by atoms with van der Waals surface area (Å²) in [6.07, 6.45) is 6.93. The van der Waals surface area contributed by atoms with E-state index in [2.05, 4.69) is 48.2 Å². The Morgan fingerprint density at radius 3 is 2.95 bits per heavy atom. The molecule has 1 aliphatic rings. The zero-order chi connectivity index (χ0) is 14.6. The highest BCUT2D eigenvalue weighted by atomic mass is 15.3. The first kappa shape index (κ1) is 15.4. The van der Waals surface area contributed by atoms with Gasteiger partial charge in [-0.1, -0.05) is 19.8 Å². The second kappa shape index (κ2) is 6.68. The molecule has 1 aromatic heterocycles. The first-order chi connectivity index (χ1) is 9.57. The Morgan fingerprint density at radius 2 is 2.30 bits per heavy atom. The van der Waals surface area contributed by atoms with Crippen molar-refractivity contribution >= 4 is 0 Å². The van der Waals surface area contributed by atoms with Gasteiger partial charge in [0.05, 0.1) is 6.54 Å². The third-order valence-electron chi connectivity index (χ3n) is 4.75. The first-order valence-electron chi connectivity index (χ1n) is 7.82. The van der Waals surface area contributed by atoms with E-state index in [1.165, 1.54) is 25.7 Å². The van der Waals surface area contributed by atoms with E-state index in [-0.39, 0.29) is 0 Å². The Kier molecular flexibility index (Phi) is 5.16. The molecule has 1 saturated carbocycles. The Hall–Kier alpha value is -0.940. The van der Waals surface area contributed by atoms with Crippen LogP contribution in [0, 0.1) is 5.92 Å². The maximum absolute atomic E-state index is 4.33. The summed E-state index contributed by atoms with van der Waals surface area (Å²) in [5.74, 6) is 1.86. The molecule has 0 amide bonds. The number of rotatable bonds is 6. The summed E-state index contributed by atoms with van der Waals surface area (Å²) < 4.78 is 1.96. The van der Waals surface area contributed by atoms with Crippen molar-refractivity contribution in [3.63, 3.8) is 0 Å². The SMILES string of the molecule is CCn1ncnc1CNCC1(N(C)C)CCCC(C)C1. The van der Waals surface area contributed by atoms with Crippen molar-refractivity contribution in [2.45, 2.75) is 58.2 Å². The second-order valence-electron chi connectivity index (χ2n) is 6.42. The minimum atomic E-state index is 0.300. The van der Waals surface area contributed by atoms with E-state index >= 15 is 0 Å². The molecule has 114 valence electrons. The Bertz CT molecular complexity index is 414. The molecule has 0 radical (unpaired) electrons.